The SMILES string of the molecule is CC(C)CCS(=O)(=O)N1CCC(N)c2ccccc21. The van der Waals surface area contributed by atoms with Crippen molar-refractivity contribution in [1.82, 2.24) is 0 Å². The second-order valence-corrected chi connectivity index (χ2v) is 7.54. The average Bonchev–Trinajstić information content (AvgIpc) is 2.37. The summed E-state index contributed by atoms with van der Waals surface area (Å²) < 4.78 is 26.4. The molecule has 1 atom stereocenters. The van der Waals surface area contributed by atoms with Crippen molar-refractivity contribution in [3.8, 4) is 0 Å². The summed E-state index contributed by atoms with van der Waals surface area (Å²) in [6.45, 7) is 4.56. The fraction of sp³-hybridized carbons (Fsp3) is 0.571. The Balaban J connectivity index is 2.29. The molecule has 1 aromatic rings. The van der Waals surface area contributed by atoms with Gasteiger partial charge in [-0.3, -0.25) is 4.31 Å². The van der Waals surface area contributed by atoms with Gasteiger partial charge in [0.2, 0.25) is 10.0 Å². The van der Waals surface area contributed by atoms with Gasteiger partial charge in [-0.25, -0.2) is 8.42 Å². The van der Waals surface area contributed by atoms with E-state index < -0.39 is 10.0 Å². The van der Waals surface area contributed by atoms with Gasteiger partial charge in [0.15, 0.2) is 0 Å². The number of fused-ring (bicyclic) bond motifs is 1. The second-order valence-electron chi connectivity index (χ2n) is 5.52. The molecule has 1 unspecified atom stereocenters. The van der Waals surface area contributed by atoms with Gasteiger partial charge < -0.3 is 5.73 Å². The van der Waals surface area contributed by atoms with Crippen molar-refractivity contribution < 1.29 is 8.42 Å². The molecule has 19 heavy (non-hydrogen) atoms. The quantitative estimate of drug-likeness (QED) is 0.921. The molecule has 1 heterocycles. The standard InChI is InChI=1S/C14H22N2O2S/c1-11(2)8-10-19(17,18)16-9-7-13(15)12-5-3-4-6-14(12)16/h3-6,11,13H,7-10,15H2,1-2H3. The smallest absolute Gasteiger partial charge is 0.235 e. The highest BCUT2D eigenvalue weighted by Gasteiger charge is 2.30. The Kier molecular flexibility index (Phi) is 4.16. The highest BCUT2D eigenvalue weighted by atomic mass is 32.2. The number of nitrogens with two attached hydrogens (primary N) is 1. The first kappa shape index (κ1) is 14.3. The third-order valence-electron chi connectivity index (χ3n) is 3.54. The largest absolute Gasteiger partial charge is 0.324 e. The molecule has 2 N–H and O–H groups in total. The van der Waals surface area contributed by atoms with Gasteiger partial charge >= 0.3 is 0 Å². The molecular weight excluding hydrogens is 260 g/mol. The zero-order valence-electron chi connectivity index (χ0n) is 11.5. The maximum Gasteiger partial charge on any atom is 0.235 e. The lowest BCUT2D eigenvalue weighted by molar-refractivity contribution is 0.558. The molecule has 0 spiro atoms. The number of nitrogens with zero attached hydrogens (tertiary/aromatic N) is 1. The Morgan fingerprint density at radius 3 is 2.74 bits per heavy atom. The number of rotatable bonds is 4. The van der Waals surface area contributed by atoms with Crippen LogP contribution in [0, 0.1) is 5.92 Å². The van der Waals surface area contributed by atoms with Crippen molar-refractivity contribution in [2.24, 2.45) is 11.7 Å². The van der Waals surface area contributed by atoms with Crippen LogP contribution in [0.4, 0.5) is 5.69 Å². The Hall–Kier alpha value is -1.07. The Bertz CT molecular complexity index is 540. The van der Waals surface area contributed by atoms with Crippen LogP contribution < -0.4 is 10.0 Å². The molecule has 1 aromatic carbocycles. The van der Waals surface area contributed by atoms with Crippen LogP contribution in [0.2, 0.25) is 0 Å². The van der Waals surface area contributed by atoms with E-state index in [0.29, 0.717) is 25.3 Å². The van der Waals surface area contributed by atoms with E-state index in [0.717, 1.165) is 11.3 Å². The van der Waals surface area contributed by atoms with Crippen molar-refractivity contribution in [3.63, 3.8) is 0 Å². The summed E-state index contributed by atoms with van der Waals surface area (Å²) in [6.07, 6.45) is 1.37. The third kappa shape index (κ3) is 3.09. The van der Waals surface area contributed by atoms with Gasteiger partial charge in [-0.05, 0) is 30.4 Å². The Morgan fingerprint density at radius 2 is 2.05 bits per heavy atom. The second kappa shape index (κ2) is 5.51. The molecule has 0 aliphatic carbocycles. The number of benzene rings is 1. The van der Waals surface area contributed by atoms with Crippen LogP contribution in [0.15, 0.2) is 24.3 Å². The maximum absolute atomic E-state index is 12.4. The average molecular weight is 282 g/mol. The van der Waals surface area contributed by atoms with Gasteiger partial charge in [-0.2, -0.15) is 0 Å². The summed E-state index contributed by atoms with van der Waals surface area (Å²) >= 11 is 0. The zero-order valence-corrected chi connectivity index (χ0v) is 12.4. The normalized spacial score (nSPS) is 19.6. The van der Waals surface area contributed by atoms with Gasteiger partial charge in [-0.1, -0.05) is 32.0 Å². The summed E-state index contributed by atoms with van der Waals surface area (Å²) in [6, 6.07) is 7.48. The van der Waals surface area contributed by atoms with E-state index in [2.05, 4.69) is 0 Å². The van der Waals surface area contributed by atoms with Crippen LogP contribution in [-0.4, -0.2) is 20.7 Å². The van der Waals surface area contributed by atoms with Crippen LogP contribution in [-0.2, 0) is 10.0 Å². The van der Waals surface area contributed by atoms with Gasteiger partial charge in [0.05, 0.1) is 11.4 Å². The first-order chi connectivity index (χ1) is 8.92. The van der Waals surface area contributed by atoms with E-state index in [1.54, 1.807) is 0 Å². The van der Waals surface area contributed by atoms with Crippen molar-refractivity contribution in [3.05, 3.63) is 29.8 Å². The van der Waals surface area contributed by atoms with Crippen LogP contribution in [0.5, 0.6) is 0 Å². The molecular formula is C14H22N2O2S. The molecule has 0 fully saturated rings. The molecule has 0 saturated carbocycles. The molecule has 2 rings (SSSR count). The topological polar surface area (TPSA) is 63.4 Å². The van der Waals surface area contributed by atoms with Gasteiger partial charge in [0, 0.05) is 12.6 Å². The lowest BCUT2D eigenvalue weighted by atomic mass is 9.99. The van der Waals surface area contributed by atoms with E-state index in [1.807, 2.05) is 38.1 Å². The summed E-state index contributed by atoms with van der Waals surface area (Å²) in [4.78, 5) is 0. The zero-order chi connectivity index (χ0) is 14.0. The molecule has 0 radical (unpaired) electrons. The van der Waals surface area contributed by atoms with E-state index >= 15 is 0 Å². The van der Waals surface area contributed by atoms with Crippen molar-refractivity contribution in [2.45, 2.75) is 32.7 Å². The first-order valence-corrected chi connectivity index (χ1v) is 8.37. The lowest BCUT2D eigenvalue weighted by Crippen LogP contribution is -2.39. The minimum absolute atomic E-state index is 0.0623. The van der Waals surface area contributed by atoms with E-state index in [9.17, 15) is 8.42 Å². The van der Waals surface area contributed by atoms with Crippen molar-refractivity contribution in [1.29, 1.82) is 0 Å². The Labute approximate surface area is 115 Å². The number of hydrogen-bond acceptors (Lipinski definition) is 3. The van der Waals surface area contributed by atoms with Gasteiger partial charge in [0.1, 0.15) is 0 Å². The van der Waals surface area contributed by atoms with E-state index in [-0.39, 0.29) is 11.8 Å². The molecule has 1 aliphatic heterocycles. The fourth-order valence-corrected chi connectivity index (χ4v) is 4.18. The lowest BCUT2D eigenvalue weighted by Gasteiger charge is -2.33. The fourth-order valence-electron chi connectivity index (χ4n) is 2.34. The molecule has 1 aliphatic rings. The van der Waals surface area contributed by atoms with Gasteiger partial charge in [-0.15, -0.1) is 0 Å². The summed E-state index contributed by atoms with van der Waals surface area (Å²) in [5.41, 5.74) is 7.74. The number of hydrogen-bond donors (Lipinski definition) is 1. The summed E-state index contributed by atoms with van der Waals surface area (Å²) in [5.74, 6) is 0.589. The Morgan fingerprint density at radius 1 is 1.37 bits per heavy atom. The molecule has 106 valence electrons. The summed E-state index contributed by atoms with van der Waals surface area (Å²) in [7, 11) is -3.24. The van der Waals surface area contributed by atoms with Gasteiger partial charge in [0.25, 0.3) is 0 Å². The minimum Gasteiger partial charge on any atom is -0.324 e. The minimum atomic E-state index is -3.24. The highest BCUT2D eigenvalue weighted by molar-refractivity contribution is 7.92. The van der Waals surface area contributed by atoms with Crippen LogP contribution in [0.3, 0.4) is 0 Å². The number of anilines is 1. The predicted octanol–water partition coefficient (Wildman–Crippen LogP) is 2.27. The molecule has 0 bridgehead atoms. The summed E-state index contributed by atoms with van der Waals surface area (Å²) in [5, 5.41) is 0. The molecule has 0 aromatic heterocycles. The predicted molar refractivity (Wildman–Crippen MR) is 78.6 cm³/mol. The first-order valence-electron chi connectivity index (χ1n) is 6.76. The number of sulfonamides is 1. The van der Waals surface area contributed by atoms with Crippen LogP contribution in [0.25, 0.3) is 0 Å². The monoisotopic (exact) mass is 282 g/mol. The third-order valence-corrected chi connectivity index (χ3v) is 5.34. The van der Waals surface area contributed by atoms with Crippen molar-refractivity contribution in [2.75, 3.05) is 16.6 Å². The van der Waals surface area contributed by atoms with E-state index in [4.69, 9.17) is 5.73 Å². The highest BCUT2D eigenvalue weighted by Crippen LogP contribution is 2.34. The van der Waals surface area contributed by atoms with Crippen LogP contribution in [0.1, 0.15) is 38.3 Å². The van der Waals surface area contributed by atoms with Crippen molar-refractivity contribution >= 4 is 15.7 Å². The molecule has 0 amide bonds. The van der Waals surface area contributed by atoms with E-state index in [1.165, 1.54) is 4.31 Å². The molecule has 0 saturated heterocycles. The number of para-hydroxylation sites is 1. The molecule has 5 heteroatoms. The van der Waals surface area contributed by atoms with Crippen LogP contribution >= 0.6 is 0 Å². The maximum atomic E-state index is 12.4. The molecule has 4 nitrogen and oxygen atoms in total.